The summed E-state index contributed by atoms with van der Waals surface area (Å²) >= 11 is 0. The van der Waals surface area contributed by atoms with E-state index in [1.165, 1.54) is 0 Å². The van der Waals surface area contributed by atoms with Crippen molar-refractivity contribution in [2.24, 2.45) is 5.73 Å². The molecular weight excluding hydrogens is 256 g/mol. The first-order chi connectivity index (χ1) is 8.88. The van der Waals surface area contributed by atoms with Crippen LogP contribution in [0.1, 0.15) is 18.1 Å². The minimum atomic E-state index is -1.22. The van der Waals surface area contributed by atoms with Gasteiger partial charge in [0.2, 0.25) is 17.7 Å². The second-order valence-electron chi connectivity index (χ2n) is 3.85. The Bertz CT molecular complexity index is 468. The zero-order valence-electron chi connectivity index (χ0n) is 10.3. The summed E-state index contributed by atoms with van der Waals surface area (Å²) in [5, 5.41) is 12.2. The van der Waals surface area contributed by atoms with Crippen molar-refractivity contribution in [3.05, 3.63) is 11.7 Å². The summed E-state index contributed by atoms with van der Waals surface area (Å²) in [5.74, 6) is -1.79. The molecule has 1 aromatic rings. The predicted octanol–water partition coefficient (Wildman–Crippen LogP) is -1.29. The highest BCUT2D eigenvalue weighted by molar-refractivity contribution is 5.86. The highest BCUT2D eigenvalue weighted by atomic mass is 16.5. The predicted molar refractivity (Wildman–Crippen MR) is 60.8 cm³/mol. The number of amides is 2. The van der Waals surface area contributed by atoms with E-state index in [2.05, 4.69) is 10.1 Å². The fourth-order valence-corrected chi connectivity index (χ4v) is 1.40. The Morgan fingerprint density at radius 1 is 1.37 bits per heavy atom. The molecule has 9 nitrogen and oxygen atoms in total. The molecule has 0 unspecified atom stereocenters. The number of hydrogen-bond acceptors (Lipinski definition) is 6. The Labute approximate surface area is 108 Å². The van der Waals surface area contributed by atoms with E-state index in [0.29, 0.717) is 5.82 Å². The van der Waals surface area contributed by atoms with Gasteiger partial charge in [-0.2, -0.15) is 4.98 Å². The van der Waals surface area contributed by atoms with Gasteiger partial charge in [0, 0.05) is 12.8 Å². The lowest BCUT2D eigenvalue weighted by Gasteiger charge is -2.18. The number of rotatable bonds is 7. The molecule has 0 fully saturated rings. The van der Waals surface area contributed by atoms with Crippen molar-refractivity contribution < 1.29 is 24.0 Å². The molecule has 0 aliphatic rings. The number of carboxylic acids is 1. The van der Waals surface area contributed by atoms with Crippen LogP contribution in [0.15, 0.2) is 4.52 Å². The van der Waals surface area contributed by atoms with Gasteiger partial charge in [0.25, 0.3) is 0 Å². The molecule has 1 rings (SSSR count). The molecule has 9 heteroatoms. The maximum absolute atomic E-state index is 11.8. The molecule has 1 aromatic heterocycles. The average Bonchev–Trinajstić information content (AvgIpc) is 2.70. The number of carbonyl (C=O) groups is 3. The summed E-state index contributed by atoms with van der Waals surface area (Å²) in [6.45, 7) is 0.622. The van der Waals surface area contributed by atoms with Crippen LogP contribution >= 0.6 is 0 Å². The number of nitrogens with zero attached hydrogens (tertiary/aromatic N) is 3. The van der Waals surface area contributed by atoms with Crippen molar-refractivity contribution in [2.45, 2.75) is 19.8 Å². The molecule has 0 saturated carbocycles. The highest BCUT2D eigenvalue weighted by Gasteiger charge is 2.19. The lowest BCUT2D eigenvalue weighted by atomic mass is 10.2. The lowest BCUT2D eigenvalue weighted by Crippen LogP contribution is -2.41. The highest BCUT2D eigenvalue weighted by Crippen LogP contribution is 2.03. The van der Waals surface area contributed by atoms with Crippen molar-refractivity contribution in [2.75, 3.05) is 13.1 Å². The second-order valence-corrected chi connectivity index (χ2v) is 3.85. The molecule has 0 aliphatic heterocycles. The van der Waals surface area contributed by atoms with E-state index < -0.39 is 30.9 Å². The first-order valence-electron chi connectivity index (χ1n) is 5.45. The van der Waals surface area contributed by atoms with Gasteiger partial charge in [-0.05, 0) is 6.92 Å². The van der Waals surface area contributed by atoms with E-state index >= 15 is 0 Å². The van der Waals surface area contributed by atoms with Crippen molar-refractivity contribution in [1.82, 2.24) is 15.0 Å². The second kappa shape index (κ2) is 6.47. The van der Waals surface area contributed by atoms with Gasteiger partial charge in [-0.3, -0.25) is 14.4 Å². The summed E-state index contributed by atoms with van der Waals surface area (Å²) in [4.78, 5) is 37.9. The largest absolute Gasteiger partial charge is 0.480 e. The van der Waals surface area contributed by atoms with E-state index in [4.69, 9.17) is 15.4 Å². The Kier molecular flexibility index (Phi) is 4.98. The maximum Gasteiger partial charge on any atom is 0.323 e. The van der Waals surface area contributed by atoms with Crippen molar-refractivity contribution in [1.29, 1.82) is 0 Å². The van der Waals surface area contributed by atoms with Gasteiger partial charge in [-0.15, -0.1) is 0 Å². The number of carboxylic acid groups (broad SMARTS) is 1. The Hall–Kier alpha value is -2.45. The summed E-state index contributed by atoms with van der Waals surface area (Å²) in [5.41, 5.74) is 4.95. The molecule has 2 amide bonds. The van der Waals surface area contributed by atoms with E-state index in [9.17, 15) is 14.4 Å². The van der Waals surface area contributed by atoms with Crippen LogP contribution in [0, 0.1) is 6.92 Å². The summed E-state index contributed by atoms with van der Waals surface area (Å²) in [6.07, 6.45) is 0.136. The van der Waals surface area contributed by atoms with Gasteiger partial charge in [-0.1, -0.05) is 5.16 Å². The molecule has 19 heavy (non-hydrogen) atoms. The third kappa shape index (κ3) is 5.15. The van der Waals surface area contributed by atoms with Crippen molar-refractivity contribution in [3.63, 3.8) is 0 Å². The van der Waals surface area contributed by atoms with Crippen LogP contribution in [0.3, 0.4) is 0 Å². The number of hydrogen-bond donors (Lipinski definition) is 2. The quantitative estimate of drug-likeness (QED) is 0.628. The third-order valence-corrected chi connectivity index (χ3v) is 2.15. The molecule has 0 saturated heterocycles. The van der Waals surface area contributed by atoms with Crippen molar-refractivity contribution in [3.8, 4) is 0 Å². The molecule has 0 spiro atoms. The van der Waals surface area contributed by atoms with Crippen LogP contribution in [0.2, 0.25) is 0 Å². The fraction of sp³-hybridized carbons (Fsp3) is 0.500. The average molecular weight is 270 g/mol. The molecule has 104 valence electrons. The minimum absolute atomic E-state index is 0.0395. The van der Waals surface area contributed by atoms with Gasteiger partial charge in [0.1, 0.15) is 6.54 Å². The molecular formula is C10H14N4O5. The van der Waals surface area contributed by atoms with Crippen LogP contribution < -0.4 is 5.73 Å². The number of nitrogens with two attached hydrogens (primary N) is 1. The Morgan fingerprint density at radius 2 is 2.05 bits per heavy atom. The first kappa shape index (κ1) is 14.6. The number of primary amides is 1. The summed E-state index contributed by atoms with van der Waals surface area (Å²) < 4.78 is 4.82. The maximum atomic E-state index is 11.8. The van der Waals surface area contributed by atoms with Crippen LogP contribution in [0.5, 0.6) is 0 Å². The summed E-state index contributed by atoms with van der Waals surface area (Å²) in [7, 11) is 0. The Morgan fingerprint density at radius 3 is 2.53 bits per heavy atom. The molecule has 1 heterocycles. The number of aliphatic carboxylic acids is 1. The smallest absolute Gasteiger partial charge is 0.323 e. The zero-order chi connectivity index (χ0) is 14.4. The molecule has 0 bridgehead atoms. The number of aromatic nitrogens is 2. The van der Waals surface area contributed by atoms with E-state index in [1.54, 1.807) is 6.92 Å². The monoisotopic (exact) mass is 270 g/mol. The SMILES string of the molecule is Cc1noc(CCC(=O)N(CC(N)=O)CC(=O)O)n1. The third-order valence-electron chi connectivity index (χ3n) is 2.15. The molecule has 0 radical (unpaired) electrons. The topological polar surface area (TPSA) is 140 Å². The van der Waals surface area contributed by atoms with Gasteiger partial charge in [-0.25, -0.2) is 0 Å². The summed E-state index contributed by atoms with van der Waals surface area (Å²) in [6, 6.07) is 0. The first-order valence-corrected chi connectivity index (χ1v) is 5.45. The van der Waals surface area contributed by atoms with Crippen LogP contribution in [0.25, 0.3) is 0 Å². The molecule has 0 aliphatic carbocycles. The van der Waals surface area contributed by atoms with Gasteiger partial charge >= 0.3 is 5.97 Å². The fourth-order valence-electron chi connectivity index (χ4n) is 1.40. The lowest BCUT2D eigenvalue weighted by molar-refractivity contribution is -0.145. The minimum Gasteiger partial charge on any atom is -0.480 e. The number of carbonyl (C=O) groups excluding carboxylic acids is 2. The van der Waals surface area contributed by atoms with Crippen molar-refractivity contribution >= 4 is 17.8 Å². The van der Waals surface area contributed by atoms with Crippen LogP contribution in [-0.4, -0.2) is 51.0 Å². The van der Waals surface area contributed by atoms with E-state index in [0.717, 1.165) is 4.90 Å². The van der Waals surface area contributed by atoms with Crippen LogP contribution in [0.4, 0.5) is 0 Å². The van der Waals surface area contributed by atoms with E-state index in [1.807, 2.05) is 0 Å². The van der Waals surface area contributed by atoms with Crippen LogP contribution in [-0.2, 0) is 20.8 Å². The van der Waals surface area contributed by atoms with Gasteiger partial charge in [0.15, 0.2) is 5.82 Å². The zero-order valence-corrected chi connectivity index (χ0v) is 10.3. The molecule has 0 atom stereocenters. The van der Waals surface area contributed by atoms with Gasteiger partial charge in [0.05, 0.1) is 6.54 Å². The molecule has 0 aromatic carbocycles. The normalized spacial score (nSPS) is 10.2. The number of aryl methyl sites for hydroxylation is 2. The van der Waals surface area contributed by atoms with E-state index in [-0.39, 0.29) is 18.7 Å². The Balaban J connectivity index is 2.55. The standard InChI is InChI=1S/C10H14N4O5/c1-6-12-8(19-13-6)2-3-9(16)14(4-7(11)15)5-10(17)18/h2-5H2,1H3,(H2,11,15)(H,17,18). The molecule has 3 N–H and O–H groups in total. The van der Waals surface area contributed by atoms with Gasteiger partial charge < -0.3 is 20.3 Å².